The van der Waals surface area contributed by atoms with Crippen molar-refractivity contribution < 1.29 is 4.74 Å². The molecule has 1 aliphatic rings. The van der Waals surface area contributed by atoms with Crippen LogP contribution in [-0.4, -0.2) is 35.6 Å². The first-order chi connectivity index (χ1) is 9.20. The van der Waals surface area contributed by atoms with Crippen LogP contribution >= 0.6 is 0 Å². The van der Waals surface area contributed by atoms with Gasteiger partial charge in [-0.2, -0.15) is 5.10 Å². The van der Waals surface area contributed by atoms with Crippen molar-refractivity contribution in [1.29, 1.82) is 0 Å². The number of aryl methyl sites for hydroxylation is 1. The van der Waals surface area contributed by atoms with Gasteiger partial charge in [0.2, 0.25) is 0 Å². The highest BCUT2D eigenvalue weighted by molar-refractivity contribution is 5.10. The Balaban J connectivity index is 2.04. The van der Waals surface area contributed by atoms with Crippen LogP contribution in [-0.2, 0) is 17.7 Å². The summed E-state index contributed by atoms with van der Waals surface area (Å²) in [4.78, 5) is 0. The van der Waals surface area contributed by atoms with E-state index in [1.165, 1.54) is 12.0 Å². The third kappa shape index (κ3) is 3.37. The lowest BCUT2D eigenvalue weighted by Gasteiger charge is -2.32. The van der Waals surface area contributed by atoms with E-state index < -0.39 is 0 Å². The van der Waals surface area contributed by atoms with E-state index >= 15 is 0 Å². The predicted molar refractivity (Wildman–Crippen MR) is 77.2 cm³/mol. The topological polar surface area (TPSA) is 39.1 Å². The van der Waals surface area contributed by atoms with Crippen LogP contribution in [0.5, 0.6) is 0 Å². The second-order valence-electron chi connectivity index (χ2n) is 5.68. The quantitative estimate of drug-likeness (QED) is 0.769. The van der Waals surface area contributed by atoms with Gasteiger partial charge in [0.25, 0.3) is 0 Å². The number of hydrogen-bond donors (Lipinski definition) is 1. The van der Waals surface area contributed by atoms with Gasteiger partial charge in [0.05, 0.1) is 12.3 Å². The first-order valence-electron chi connectivity index (χ1n) is 7.54. The molecule has 4 nitrogen and oxygen atoms in total. The zero-order valence-electron chi connectivity index (χ0n) is 12.5. The molecule has 1 aliphatic heterocycles. The molecular weight excluding hydrogens is 238 g/mol. The van der Waals surface area contributed by atoms with Crippen molar-refractivity contribution in [2.45, 2.75) is 52.7 Å². The second-order valence-corrected chi connectivity index (χ2v) is 5.68. The monoisotopic (exact) mass is 265 g/mol. The number of aromatic nitrogens is 2. The molecule has 0 aromatic carbocycles. The first-order valence-corrected chi connectivity index (χ1v) is 7.54. The van der Waals surface area contributed by atoms with E-state index in [1.807, 2.05) is 10.9 Å². The molecule has 2 rings (SSSR count). The second kappa shape index (κ2) is 6.53. The van der Waals surface area contributed by atoms with Crippen LogP contribution in [0.2, 0.25) is 0 Å². The van der Waals surface area contributed by atoms with E-state index in [1.54, 1.807) is 0 Å². The molecule has 4 heteroatoms. The Bertz CT molecular complexity index is 390. The summed E-state index contributed by atoms with van der Waals surface area (Å²) >= 11 is 0. The fourth-order valence-corrected chi connectivity index (χ4v) is 2.94. The zero-order chi connectivity index (χ0) is 13.7. The van der Waals surface area contributed by atoms with Crippen molar-refractivity contribution >= 4 is 0 Å². The van der Waals surface area contributed by atoms with Gasteiger partial charge in [-0.05, 0) is 45.2 Å². The van der Waals surface area contributed by atoms with Crippen molar-refractivity contribution in [3.63, 3.8) is 0 Å². The molecule has 0 radical (unpaired) electrons. The maximum absolute atomic E-state index is 5.84. The molecule has 1 aromatic heterocycles. The van der Waals surface area contributed by atoms with E-state index in [0.29, 0.717) is 6.10 Å². The van der Waals surface area contributed by atoms with Crippen LogP contribution < -0.4 is 5.32 Å². The van der Waals surface area contributed by atoms with Crippen molar-refractivity contribution in [1.82, 2.24) is 15.1 Å². The predicted octanol–water partition coefficient (Wildman–Crippen LogP) is 2.24. The molecule has 2 unspecified atom stereocenters. The summed E-state index contributed by atoms with van der Waals surface area (Å²) in [7, 11) is 0. The molecule has 1 fully saturated rings. The van der Waals surface area contributed by atoms with E-state index in [4.69, 9.17) is 4.74 Å². The number of hydrogen-bond acceptors (Lipinski definition) is 3. The van der Waals surface area contributed by atoms with Crippen LogP contribution in [0.4, 0.5) is 0 Å². The van der Waals surface area contributed by atoms with E-state index in [9.17, 15) is 0 Å². The molecule has 19 heavy (non-hydrogen) atoms. The van der Waals surface area contributed by atoms with Gasteiger partial charge >= 0.3 is 0 Å². The van der Waals surface area contributed by atoms with E-state index in [0.717, 1.165) is 39.1 Å². The average molecular weight is 265 g/mol. The summed E-state index contributed by atoms with van der Waals surface area (Å²) < 4.78 is 7.84. The molecule has 1 aromatic rings. The highest BCUT2D eigenvalue weighted by atomic mass is 16.5. The highest BCUT2D eigenvalue weighted by Crippen LogP contribution is 2.37. The molecule has 0 aliphatic carbocycles. The Kier molecular flexibility index (Phi) is 4.99. The van der Waals surface area contributed by atoms with Crippen LogP contribution in [0, 0.1) is 5.41 Å². The lowest BCUT2D eigenvalue weighted by Crippen LogP contribution is -2.41. The summed E-state index contributed by atoms with van der Waals surface area (Å²) in [6.07, 6.45) is 7.89. The van der Waals surface area contributed by atoms with Crippen molar-refractivity contribution in [3.05, 3.63) is 18.0 Å². The van der Waals surface area contributed by atoms with Crippen molar-refractivity contribution in [3.8, 4) is 0 Å². The van der Waals surface area contributed by atoms with Crippen LogP contribution in [0.15, 0.2) is 12.4 Å². The van der Waals surface area contributed by atoms with Crippen LogP contribution in [0.25, 0.3) is 0 Å². The molecular formula is C15H27N3O. The maximum Gasteiger partial charge on any atom is 0.0619 e. The molecule has 2 heterocycles. The molecule has 0 spiro atoms. The van der Waals surface area contributed by atoms with E-state index in [-0.39, 0.29) is 5.41 Å². The minimum atomic E-state index is 0.233. The van der Waals surface area contributed by atoms with Gasteiger partial charge in [-0.1, -0.05) is 6.92 Å². The first kappa shape index (κ1) is 14.5. The zero-order valence-corrected chi connectivity index (χ0v) is 12.5. The van der Waals surface area contributed by atoms with Gasteiger partial charge in [-0.3, -0.25) is 4.68 Å². The summed E-state index contributed by atoms with van der Waals surface area (Å²) in [5.74, 6) is 0. The van der Waals surface area contributed by atoms with Crippen LogP contribution in [0.3, 0.4) is 0 Å². The Labute approximate surface area is 116 Å². The lowest BCUT2D eigenvalue weighted by atomic mass is 9.76. The lowest BCUT2D eigenvalue weighted by molar-refractivity contribution is 0.0631. The standard InChI is InChI=1S/C15H27N3O/c1-4-7-16-12-15(6-8-19-13(15)3)9-14-10-17-18(5-2)11-14/h10-11,13,16H,4-9,12H2,1-3H3. The Morgan fingerprint density at radius 1 is 1.53 bits per heavy atom. The molecule has 1 saturated heterocycles. The summed E-state index contributed by atoms with van der Waals surface area (Å²) in [6, 6.07) is 0. The third-order valence-electron chi connectivity index (χ3n) is 4.30. The van der Waals surface area contributed by atoms with Gasteiger partial charge in [0.15, 0.2) is 0 Å². The smallest absolute Gasteiger partial charge is 0.0619 e. The molecule has 0 bridgehead atoms. The van der Waals surface area contributed by atoms with Gasteiger partial charge < -0.3 is 10.1 Å². The Hall–Kier alpha value is -0.870. The maximum atomic E-state index is 5.84. The normalized spacial score (nSPS) is 27.0. The SMILES string of the molecule is CCCNCC1(Cc2cnn(CC)c2)CCOC1C. The molecule has 1 N–H and O–H groups in total. The highest BCUT2D eigenvalue weighted by Gasteiger charge is 2.41. The number of nitrogens with zero attached hydrogens (tertiary/aromatic N) is 2. The Morgan fingerprint density at radius 2 is 2.37 bits per heavy atom. The minimum Gasteiger partial charge on any atom is -0.378 e. The number of nitrogens with one attached hydrogen (secondary N) is 1. The van der Waals surface area contributed by atoms with Gasteiger partial charge in [-0.15, -0.1) is 0 Å². The van der Waals surface area contributed by atoms with Gasteiger partial charge in [0.1, 0.15) is 0 Å². The third-order valence-corrected chi connectivity index (χ3v) is 4.30. The fourth-order valence-electron chi connectivity index (χ4n) is 2.94. The summed E-state index contributed by atoms with van der Waals surface area (Å²) in [5.41, 5.74) is 1.56. The van der Waals surface area contributed by atoms with Gasteiger partial charge in [-0.25, -0.2) is 0 Å². The van der Waals surface area contributed by atoms with Crippen molar-refractivity contribution in [2.75, 3.05) is 19.7 Å². The van der Waals surface area contributed by atoms with Gasteiger partial charge in [0, 0.05) is 31.3 Å². The molecule has 108 valence electrons. The Morgan fingerprint density at radius 3 is 2.95 bits per heavy atom. The molecule has 0 saturated carbocycles. The average Bonchev–Trinajstić information content (AvgIpc) is 2.99. The fraction of sp³-hybridized carbons (Fsp3) is 0.800. The minimum absolute atomic E-state index is 0.233. The van der Waals surface area contributed by atoms with E-state index in [2.05, 4.69) is 37.4 Å². The number of rotatable bonds is 7. The van der Waals surface area contributed by atoms with Crippen LogP contribution in [0.1, 0.15) is 39.2 Å². The van der Waals surface area contributed by atoms with Crippen molar-refractivity contribution in [2.24, 2.45) is 5.41 Å². The molecule has 0 amide bonds. The molecule has 2 atom stereocenters. The summed E-state index contributed by atoms with van der Waals surface area (Å²) in [6.45, 7) is 10.5. The largest absolute Gasteiger partial charge is 0.378 e. The number of ether oxygens (including phenoxy) is 1. The summed E-state index contributed by atoms with van der Waals surface area (Å²) in [5, 5.41) is 7.97.